The van der Waals surface area contributed by atoms with Crippen LogP contribution in [0.4, 0.5) is 0 Å². The summed E-state index contributed by atoms with van der Waals surface area (Å²) in [5, 5.41) is 0. The van der Waals surface area contributed by atoms with E-state index < -0.39 is 12.0 Å². The number of nitrogens with two attached hydrogens (primary N) is 1. The van der Waals surface area contributed by atoms with Crippen molar-refractivity contribution in [2.45, 2.75) is 52.6 Å². The summed E-state index contributed by atoms with van der Waals surface area (Å²) in [5.74, 6) is -0.00793. The van der Waals surface area contributed by atoms with Gasteiger partial charge in [-0.15, -0.1) is 0 Å². The average molecular weight is 258 g/mol. The molecule has 0 heterocycles. The average Bonchev–Trinajstić information content (AvgIpc) is 2.30. The van der Waals surface area contributed by atoms with Gasteiger partial charge in [0.15, 0.2) is 0 Å². The second-order valence-corrected chi connectivity index (χ2v) is 5.20. The lowest BCUT2D eigenvalue weighted by Crippen LogP contribution is -2.41. The van der Waals surface area contributed by atoms with Crippen LogP contribution in [0.25, 0.3) is 0 Å². The van der Waals surface area contributed by atoms with Crippen molar-refractivity contribution in [2.24, 2.45) is 11.7 Å². The van der Waals surface area contributed by atoms with E-state index in [1.54, 1.807) is 0 Å². The number of amides is 1. The number of nitrogens with zero attached hydrogens (tertiary/aromatic N) is 1. The lowest BCUT2D eigenvalue weighted by atomic mass is 10.1. The Labute approximate surface area is 110 Å². The molecule has 0 saturated heterocycles. The highest BCUT2D eigenvalue weighted by atomic mass is 16.5. The van der Waals surface area contributed by atoms with Crippen LogP contribution in [-0.2, 0) is 14.3 Å². The Kier molecular flexibility index (Phi) is 7.59. The van der Waals surface area contributed by atoms with E-state index in [0.717, 1.165) is 6.54 Å². The van der Waals surface area contributed by atoms with Gasteiger partial charge in [-0.05, 0) is 26.2 Å². The second kappa shape index (κ2) is 8.08. The molecule has 5 nitrogen and oxygen atoms in total. The maximum Gasteiger partial charge on any atom is 0.322 e. The molecule has 0 bridgehead atoms. The summed E-state index contributed by atoms with van der Waals surface area (Å²) >= 11 is 0. The summed E-state index contributed by atoms with van der Waals surface area (Å²) in [4.78, 5) is 25.0. The Bertz CT molecular complexity index is 277. The molecule has 0 aromatic rings. The maximum absolute atomic E-state index is 12.1. The van der Waals surface area contributed by atoms with E-state index in [9.17, 15) is 9.59 Å². The minimum atomic E-state index is -0.716. The van der Waals surface area contributed by atoms with Gasteiger partial charge in [0.2, 0.25) is 5.91 Å². The normalized spacial score (nSPS) is 12.7. The van der Waals surface area contributed by atoms with Crippen molar-refractivity contribution in [1.29, 1.82) is 0 Å². The number of methoxy groups -OCH3 is 1. The van der Waals surface area contributed by atoms with Gasteiger partial charge in [-0.1, -0.05) is 13.8 Å². The number of hydrogen-bond acceptors (Lipinski definition) is 4. The fourth-order valence-electron chi connectivity index (χ4n) is 1.69. The molecule has 0 aliphatic rings. The maximum atomic E-state index is 12.1. The highest BCUT2D eigenvalue weighted by Gasteiger charge is 2.21. The summed E-state index contributed by atoms with van der Waals surface area (Å²) in [6.45, 7) is 8.84. The summed E-state index contributed by atoms with van der Waals surface area (Å²) in [7, 11) is 1.29. The molecule has 0 fully saturated rings. The van der Waals surface area contributed by atoms with Crippen LogP contribution in [-0.4, -0.2) is 42.5 Å². The van der Waals surface area contributed by atoms with Crippen LogP contribution >= 0.6 is 0 Å². The first kappa shape index (κ1) is 16.9. The van der Waals surface area contributed by atoms with Crippen LogP contribution in [0.15, 0.2) is 0 Å². The van der Waals surface area contributed by atoms with Crippen molar-refractivity contribution in [3.05, 3.63) is 0 Å². The lowest BCUT2D eigenvalue weighted by Gasteiger charge is -2.28. The molecule has 1 unspecified atom stereocenters. The first-order chi connectivity index (χ1) is 8.29. The molecule has 2 N–H and O–H groups in total. The summed E-state index contributed by atoms with van der Waals surface area (Å²) in [6, 6.07) is -0.554. The number of esters is 1. The van der Waals surface area contributed by atoms with E-state index >= 15 is 0 Å². The van der Waals surface area contributed by atoms with Gasteiger partial charge in [-0.25, -0.2) is 0 Å². The first-order valence-corrected chi connectivity index (χ1v) is 6.42. The van der Waals surface area contributed by atoms with Crippen molar-refractivity contribution >= 4 is 11.9 Å². The molecule has 0 aliphatic heterocycles. The lowest BCUT2D eigenvalue weighted by molar-refractivity contribution is -0.142. The Morgan fingerprint density at radius 1 is 1.22 bits per heavy atom. The third kappa shape index (κ3) is 6.00. The molecular formula is C13H26N2O3. The molecule has 0 rings (SSSR count). The zero-order valence-corrected chi connectivity index (χ0v) is 12.1. The molecule has 0 aliphatic carbocycles. The third-order valence-corrected chi connectivity index (χ3v) is 2.68. The molecule has 5 heteroatoms. The molecule has 106 valence electrons. The number of carbonyl (C=O) groups is 2. The molecule has 0 aromatic carbocycles. The molecule has 1 atom stereocenters. The Morgan fingerprint density at radius 3 is 2.17 bits per heavy atom. The molecule has 18 heavy (non-hydrogen) atoms. The van der Waals surface area contributed by atoms with Gasteiger partial charge in [-0.2, -0.15) is 0 Å². The smallest absolute Gasteiger partial charge is 0.322 e. The van der Waals surface area contributed by atoms with Crippen molar-refractivity contribution in [2.75, 3.05) is 13.7 Å². The quantitative estimate of drug-likeness (QED) is 0.695. The monoisotopic (exact) mass is 258 g/mol. The van der Waals surface area contributed by atoms with Crippen LogP contribution in [0, 0.1) is 5.92 Å². The van der Waals surface area contributed by atoms with E-state index in [2.05, 4.69) is 18.6 Å². The number of hydrogen-bond donors (Lipinski definition) is 1. The van der Waals surface area contributed by atoms with Gasteiger partial charge in [0.25, 0.3) is 0 Å². The molecule has 1 amide bonds. The zero-order valence-electron chi connectivity index (χ0n) is 12.1. The third-order valence-electron chi connectivity index (χ3n) is 2.68. The number of rotatable bonds is 7. The summed E-state index contributed by atoms with van der Waals surface area (Å²) in [5.41, 5.74) is 5.61. The van der Waals surface area contributed by atoms with Crippen LogP contribution < -0.4 is 5.73 Å². The molecule has 0 saturated carbocycles. The van der Waals surface area contributed by atoms with E-state index in [-0.39, 0.29) is 18.4 Å². The molecule has 0 spiro atoms. The van der Waals surface area contributed by atoms with Gasteiger partial charge in [0.1, 0.15) is 6.04 Å². The Morgan fingerprint density at radius 2 is 1.78 bits per heavy atom. The number of carbonyl (C=O) groups excluding carboxylic acids is 2. The van der Waals surface area contributed by atoms with E-state index in [1.807, 2.05) is 18.7 Å². The topological polar surface area (TPSA) is 72.6 Å². The molecule has 0 radical (unpaired) electrons. The van der Waals surface area contributed by atoms with Crippen molar-refractivity contribution in [1.82, 2.24) is 4.90 Å². The minimum Gasteiger partial charge on any atom is -0.468 e. The minimum absolute atomic E-state index is 0.0399. The van der Waals surface area contributed by atoms with Crippen LogP contribution in [0.5, 0.6) is 0 Å². The van der Waals surface area contributed by atoms with Gasteiger partial charge >= 0.3 is 5.97 Å². The predicted octanol–water partition coefficient (Wildman–Crippen LogP) is 1.16. The summed E-state index contributed by atoms with van der Waals surface area (Å²) < 4.78 is 4.53. The van der Waals surface area contributed by atoms with E-state index in [4.69, 9.17) is 5.73 Å². The second-order valence-electron chi connectivity index (χ2n) is 5.20. The van der Waals surface area contributed by atoms with Gasteiger partial charge in [-0.3, -0.25) is 9.59 Å². The van der Waals surface area contributed by atoms with Crippen molar-refractivity contribution < 1.29 is 14.3 Å². The van der Waals surface area contributed by atoms with Crippen molar-refractivity contribution in [3.8, 4) is 0 Å². The largest absolute Gasteiger partial charge is 0.468 e. The van der Waals surface area contributed by atoms with E-state index in [0.29, 0.717) is 12.3 Å². The predicted molar refractivity (Wildman–Crippen MR) is 70.9 cm³/mol. The highest BCUT2D eigenvalue weighted by molar-refractivity contribution is 5.79. The van der Waals surface area contributed by atoms with Gasteiger partial charge in [0, 0.05) is 19.0 Å². The first-order valence-electron chi connectivity index (χ1n) is 6.42. The van der Waals surface area contributed by atoms with Gasteiger partial charge in [0.05, 0.1) is 7.11 Å². The van der Waals surface area contributed by atoms with Crippen LogP contribution in [0.3, 0.4) is 0 Å². The van der Waals surface area contributed by atoms with E-state index in [1.165, 1.54) is 7.11 Å². The zero-order chi connectivity index (χ0) is 14.3. The summed E-state index contributed by atoms with van der Waals surface area (Å²) in [6.07, 6.45) is 0.605. The van der Waals surface area contributed by atoms with Crippen LogP contribution in [0.2, 0.25) is 0 Å². The van der Waals surface area contributed by atoms with Crippen molar-refractivity contribution in [3.63, 3.8) is 0 Å². The Hall–Kier alpha value is -1.10. The molecule has 0 aromatic heterocycles. The standard InChI is InChI=1S/C13H26N2O3/c1-9(2)8-15(10(3)4)12(16)7-6-11(14)13(17)18-5/h9-11H,6-8,14H2,1-5H3. The fourth-order valence-corrected chi connectivity index (χ4v) is 1.69. The highest BCUT2D eigenvalue weighted by Crippen LogP contribution is 2.09. The number of ether oxygens (including phenoxy) is 1. The SMILES string of the molecule is COC(=O)C(N)CCC(=O)N(CC(C)C)C(C)C. The fraction of sp³-hybridized carbons (Fsp3) is 0.846. The Balaban J connectivity index is 4.31. The van der Waals surface area contributed by atoms with Gasteiger partial charge < -0.3 is 15.4 Å². The van der Waals surface area contributed by atoms with Crippen LogP contribution in [0.1, 0.15) is 40.5 Å². The molecular weight excluding hydrogens is 232 g/mol.